The van der Waals surface area contributed by atoms with Gasteiger partial charge in [-0.25, -0.2) is 0 Å². The summed E-state index contributed by atoms with van der Waals surface area (Å²) in [7, 11) is 0. The SMILES string of the molecule is [Na+].[O-]CBr. The van der Waals surface area contributed by atoms with Gasteiger partial charge in [-0.15, -0.1) is 15.9 Å². The van der Waals surface area contributed by atoms with E-state index >= 15 is 0 Å². The Kier molecular flexibility index (Phi) is 20.0. The van der Waals surface area contributed by atoms with E-state index in [0.29, 0.717) is 0 Å². The zero-order chi connectivity index (χ0) is 2.71. The Bertz CT molecular complexity index is 8.00. The molecule has 0 radical (unpaired) electrons. The second-order valence-electron chi connectivity index (χ2n) is 0.109. The Hall–Kier alpha value is 1.44. The molecule has 0 rings (SSSR count). The van der Waals surface area contributed by atoms with Crippen molar-refractivity contribution < 1.29 is 34.7 Å². The molecule has 0 N–H and O–H groups in total. The van der Waals surface area contributed by atoms with E-state index in [9.17, 15) is 0 Å². The molecule has 4 heavy (non-hydrogen) atoms. The predicted molar refractivity (Wildman–Crippen MR) is 13.8 cm³/mol. The van der Waals surface area contributed by atoms with Crippen molar-refractivity contribution in [1.82, 2.24) is 0 Å². The minimum Gasteiger partial charge on any atom is -0.846 e. The van der Waals surface area contributed by atoms with E-state index in [1.165, 1.54) is 0 Å². The normalized spacial score (nSPS) is 4.50. The fourth-order valence-electron chi connectivity index (χ4n) is 0. The first-order valence-corrected chi connectivity index (χ1v) is 1.68. The Morgan fingerprint density at radius 3 is 1.75 bits per heavy atom. The standard InChI is InChI=1S/CH2BrO.Na/c2-1-3;/h1H2;/q-1;+1. The average molecular weight is 133 g/mol. The summed E-state index contributed by atoms with van der Waals surface area (Å²) in [5, 5.41) is 8.85. The van der Waals surface area contributed by atoms with Gasteiger partial charge in [-0.05, 0) is 0 Å². The van der Waals surface area contributed by atoms with Gasteiger partial charge < -0.3 is 5.11 Å². The first-order valence-electron chi connectivity index (χ1n) is 0.556. The predicted octanol–water partition coefficient (Wildman–Crippen LogP) is -3.30. The summed E-state index contributed by atoms with van der Waals surface area (Å²) in [5.74, 6) is 0. The third-order valence-corrected chi connectivity index (χ3v) is 0. The van der Waals surface area contributed by atoms with Crippen LogP contribution in [-0.4, -0.2) is 5.52 Å². The van der Waals surface area contributed by atoms with Gasteiger partial charge in [0.1, 0.15) is 0 Å². The minimum absolute atomic E-state index is 0. The summed E-state index contributed by atoms with van der Waals surface area (Å²) in [5.41, 5.74) is -0.188. The maximum atomic E-state index is 8.85. The Labute approximate surface area is 55.8 Å². The molecule has 0 atom stereocenters. The molecular weight excluding hydrogens is 131 g/mol. The van der Waals surface area contributed by atoms with Gasteiger partial charge in [0, 0.05) is 0 Å². The van der Waals surface area contributed by atoms with Crippen LogP contribution < -0.4 is 34.7 Å². The van der Waals surface area contributed by atoms with Crippen LogP contribution in [0.25, 0.3) is 0 Å². The Morgan fingerprint density at radius 1 is 1.75 bits per heavy atom. The molecule has 0 aromatic carbocycles. The maximum absolute atomic E-state index is 8.85. The fraction of sp³-hybridized carbons (Fsp3) is 1.00. The molecule has 0 spiro atoms. The second kappa shape index (κ2) is 8.83. The van der Waals surface area contributed by atoms with Crippen molar-refractivity contribution in [3.05, 3.63) is 0 Å². The van der Waals surface area contributed by atoms with Crippen LogP contribution in [0.3, 0.4) is 0 Å². The summed E-state index contributed by atoms with van der Waals surface area (Å²) in [6.45, 7) is 0. The fourth-order valence-corrected chi connectivity index (χ4v) is 0. The molecule has 0 aromatic heterocycles. The van der Waals surface area contributed by atoms with Gasteiger partial charge in [-0.3, -0.25) is 0 Å². The van der Waals surface area contributed by atoms with Crippen molar-refractivity contribution in [3.8, 4) is 0 Å². The molecule has 0 bridgehead atoms. The van der Waals surface area contributed by atoms with Crippen LogP contribution in [0.15, 0.2) is 0 Å². The van der Waals surface area contributed by atoms with Crippen molar-refractivity contribution in [2.45, 2.75) is 0 Å². The van der Waals surface area contributed by atoms with Crippen LogP contribution in [-0.2, 0) is 0 Å². The summed E-state index contributed by atoms with van der Waals surface area (Å²) < 4.78 is 0. The molecule has 0 saturated heterocycles. The first-order chi connectivity index (χ1) is 1.41. The molecule has 0 aliphatic heterocycles. The van der Waals surface area contributed by atoms with E-state index in [-0.39, 0.29) is 35.1 Å². The van der Waals surface area contributed by atoms with Crippen LogP contribution in [0.1, 0.15) is 0 Å². The molecule has 0 aliphatic carbocycles. The van der Waals surface area contributed by atoms with Crippen LogP contribution >= 0.6 is 15.9 Å². The summed E-state index contributed by atoms with van der Waals surface area (Å²) >= 11 is 2.59. The molecule has 0 unspecified atom stereocenters. The first kappa shape index (κ1) is 9.06. The Morgan fingerprint density at radius 2 is 1.75 bits per heavy atom. The van der Waals surface area contributed by atoms with Crippen molar-refractivity contribution in [3.63, 3.8) is 0 Å². The monoisotopic (exact) mass is 132 g/mol. The zero-order valence-electron chi connectivity index (χ0n) is 2.49. The summed E-state index contributed by atoms with van der Waals surface area (Å²) in [4.78, 5) is 0. The summed E-state index contributed by atoms with van der Waals surface area (Å²) in [6, 6.07) is 0. The van der Waals surface area contributed by atoms with Gasteiger partial charge in [-0.1, -0.05) is 5.52 Å². The topological polar surface area (TPSA) is 23.1 Å². The van der Waals surface area contributed by atoms with E-state index in [4.69, 9.17) is 5.11 Å². The van der Waals surface area contributed by atoms with E-state index in [1.807, 2.05) is 0 Å². The third kappa shape index (κ3) is 9.88. The van der Waals surface area contributed by atoms with Crippen LogP contribution in [0.2, 0.25) is 0 Å². The minimum atomic E-state index is -0.188. The van der Waals surface area contributed by atoms with Gasteiger partial charge in [0.2, 0.25) is 0 Å². The van der Waals surface area contributed by atoms with Crippen molar-refractivity contribution >= 4 is 15.9 Å². The van der Waals surface area contributed by atoms with Gasteiger partial charge >= 0.3 is 29.6 Å². The molecule has 3 heteroatoms. The van der Waals surface area contributed by atoms with Gasteiger partial charge in [-0.2, -0.15) is 0 Å². The number of hydrogen-bond acceptors (Lipinski definition) is 1. The van der Waals surface area contributed by atoms with Gasteiger partial charge in [0.05, 0.1) is 0 Å². The zero-order valence-corrected chi connectivity index (χ0v) is 6.08. The van der Waals surface area contributed by atoms with Gasteiger partial charge in [0.15, 0.2) is 0 Å². The van der Waals surface area contributed by atoms with Crippen LogP contribution in [0.4, 0.5) is 0 Å². The van der Waals surface area contributed by atoms with E-state index in [2.05, 4.69) is 15.9 Å². The van der Waals surface area contributed by atoms with Crippen molar-refractivity contribution in [2.75, 3.05) is 5.52 Å². The quantitative estimate of drug-likeness (QED) is 0.251. The average Bonchev–Trinajstić information content (AvgIpc) is 0.918. The van der Waals surface area contributed by atoms with Crippen LogP contribution in [0, 0.1) is 0 Å². The molecule has 0 heterocycles. The number of alkyl halides is 1. The van der Waals surface area contributed by atoms with E-state index in [0.717, 1.165) is 0 Å². The second-order valence-corrected chi connectivity index (χ2v) is 0.567. The van der Waals surface area contributed by atoms with Gasteiger partial charge in [0.25, 0.3) is 0 Å². The Balaban J connectivity index is 0. The molecule has 0 fully saturated rings. The molecule has 0 aromatic rings. The summed E-state index contributed by atoms with van der Waals surface area (Å²) in [6.07, 6.45) is 0. The number of hydrogen-bond donors (Lipinski definition) is 0. The maximum Gasteiger partial charge on any atom is 1.00 e. The molecule has 0 aliphatic rings. The van der Waals surface area contributed by atoms with Crippen molar-refractivity contribution in [1.29, 1.82) is 0 Å². The molecule has 0 saturated carbocycles. The molecule has 1 nitrogen and oxygen atoms in total. The van der Waals surface area contributed by atoms with E-state index in [1.54, 1.807) is 0 Å². The molecule has 0 amide bonds. The number of halogens is 1. The van der Waals surface area contributed by atoms with E-state index < -0.39 is 0 Å². The van der Waals surface area contributed by atoms with Crippen molar-refractivity contribution in [2.24, 2.45) is 0 Å². The third-order valence-electron chi connectivity index (χ3n) is 0. The molecular formula is CH2BrNaO. The number of rotatable bonds is 0. The smallest absolute Gasteiger partial charge is 0.846 e. The van der Waals surface area contributed by atoms with Crippen LogP contribution in [0.5, 0.6) is 0 Å². The largest absolute Gasteiger partial charge is 1.00 e. The molecule has 20 valence electrons.